The fourth-order valence-corrected chi connectivity index (χ4v) is 8.54. The number of carbonyl (C=O) groups is 6. The SMILES string of the molecule is CC(C)(C)[C@H](NC(=O)[C@@H](CC(=O)c1cnccn1)C1CCCCC1)C(=O)N1C[C@@H]2CCC[C@@H]2[C@H]1C(=O)CC(CC(F)F)C(=O)C(=O)CC1CC1. The van der Waals surface area contributed by atoms with Crippen LogP contribution in [0, 0.1) is 40.9 Å². The van der Waals surface area contributed by atoms with Crippen LogP contribution in [0.4, 0.5) is 8.78 Å². The first-order valence-corrected chi connectivity index (χ1v) is 18.5. The van der Waals surface area contributed by atoms with Crippen molar-refractivity contribution in [3.8, 4) is 0 Å². The normalized spacial score (nSPS) is 24.4. The number of rotatable bonds is 16. The van der Waals surface area contributed by atoms with Gasteiger partial charge >= 0.3 is 0 Å². The lowest BCUT2D eigenvalue weighted by Crippen LogP contribution is -2.58. The van der Waals surface area contributed by atoms with Crippen molar-refractivity contribution in [2.75, 3.05) is 6.54 Å². The molecule has 1 N–H and O–H groups in total. The second kappa shape index (κ2) is 16.3. The van der Waals surface area contributed by atoms with Gasteiger partial charge in [-0.15, -0.1) is 0 Å². The van der Waals surface area contributed by atoms with Crippen molar-refractivity contribution < 1.29 is 37.5 Å². The zero-order valence-electron chi connectivity index (χ0n) is 29.6. The van der Waals surface area contributed by atoms with E-state index in [4.69, 9.17) is 0 Å². The highest BCUT2D eigenvalue weighted by Crippen LogP contribution is 2.44. The number of carbonyl (C=O) groups excluding carboxylic acids is 6. The summed E-state index contributed by atoms with van der Waals surface area (Å²) in [5.41, 5.74) is -0.611. The first-order valence-electron chi connectivity index (χ1n) is 18.5. The van der Waals surface area contributed by atoms with Gasteiger partial charge < -0.3 is 10.2 Å². The molecule has 5 rings (SSSR count). The van der Waals surface area contributed by atoms with Gasteiger partial charge in [0.05, 0.1) is 12.2 Å². The number of likely N-dealkylation sites (tertiary alicyclic amines) is 1. The lowest BCUT2D eigenvalue weighted by atomic mass is 9.76. The van der Waals surface area contributed by atoms with E-state index in [2.05, 4.69) is 15.3 Å². The summed E-state index contributed by atoms with van der Waals surface area (Å²) in [5.74, 6) is -5.49. The number of nitrogens with zero attached hydrogens (tertiary/aromatic N) is 3. The Balaban J connectivity index is 1.36. The Kier molecular flexibility index (Phi) is 12.3. The van der Waals surface area contributed by atoms with E-state index in [9.17, 15) is 37.5 Å². The molecule has 0 radical (unpaired) electrons. The third-order valence-electron chi connectivity index (χ3n) is 11.4. The van der Waals surface area contributed by atoms with Gasteiger partial charge in [-0.05, 0) is 67.6 Å². The van der Waals surface area contributed by atoms with Crippen LogP contribution >= 0.6 is 0 Å². The molecule has 2 amide bonds. The molecule has 10 nitrogen and oxygen atoms in total. The number of hydrogen-bond acceptors (Lipinski definition) is 8. The monoisotopic (exact) mass is 698 g/mol. The standard InChI is InChI=1S/C38H52F2N4O6/c1-38(2,3)35(43-36(49)27(23-8-5-4-6-9-23)19-29(45)28-20-41-14-15-42-28)37(50)44-21-24-10-7-11-26(24)33(44)30(46)17-25(18-32(39)40)34(48)31(47)16-22-12-13-22/h14-15,20,22-27,32-33,35H,4-13,16-19,21H2,1-3H3,(H,43,49)/t24-,25?,26-,27-,33-,35+/m0/s1. The summed E-state index contributed by atoms with van der Waals surface area (Å²) in [6.07, 6.45) is 8.44. The van der Waals surface area contributed by atoms with Crippen LogP contribution in [0.5, 0.6) is 0 Å². The minimum Gasteiger partial charge on any atom is -0.344 e. The fraction of sp³-hybridized carbons (Fsp3) is 0.737. The minimum atomic E-state index is -2.87. The lowest BCUT2D eigenvalue weighted by molar-refractivity contribution is -0.146. The number of amides is 2. The van der Waals surface area contributed by atoms with Gasteiger partial charge in [-0.1, -0.05) is 46.5 Å². The van der Waals surface area contributed by atoms with Gasteiger partial charge in [-0.2, -0.15) is 0 Å². The Labute approximate surface area is 293 Å². The number of fused-ring (bicyclic) bond motifs is 1. The maximum Gasteiger partial charge on any atom is 0.246 e. The van der Waals surface area contributed by atoms with Crippen molar-refractivity contribution in [2.24, 2.45) is 40.9 Å². The molecular formula is C38H52F2N4O6. The van der Waals surface area contributed by atoms with E-state index < -0.39 is 77.8 Å². The summed E-state index contributed by atoms with van der Waals surface area (Å²) in [7, 11) is 0. The molecule has 274 valence electrons. The van der Waals surface area contributed by atoms with Crippen molar-refractivity contribution >= 4 is 34.9 Å². The molecule has 1 unspecified atom stereocenters. The summed E-state index contributed by atoms with van der Waals surface area (Å²) < 4.78 is 27.3. The van der Waals surface area contributed by atoms with Crippen molar-refractivity contribution in [1.82, 2.24) is 20.2 Å². The van der Waals surface area contributed by atoms with Crippen LogP contribution in [0.1, 0.15) is 121 Å². The third-order valence-corrected chi connectivity index (χ3v) is 11.4. The Bertz CT molecular complexity index is 1420. The number of aromatic nitrogens is 2. The predicted octanol–water partition coefficient (Wildman–Crippen LogP) is 5.57. The maximum atomic E-state index is 14.6. The second-order valence-corrected chi connectivity index (χ2v) is 16.2. The van der Waals surface area contributed by atoms with Crippen LogP contribution in [0.15, 0.2) is 18.6 Å². The van der Waals surface area contributed by atoms with Crippen molar-refractivity contribution in [1.29, 1.82) is 0 Å². The molecule has 1 aromatic heterocycles. The van der Waals surface area contributed by atoms with Crippen molar-refractivity contribution in [2.45, 2.75) is 129 Å². The molecule has 12 heteroatoms. The first-order chi connectivity index (χ1) is 23.7. The molecule has 2 heterocycles. The van der Waals surface area contributed by atoms with E-state index in [0.717, 1.165) is 57.8 Å². The molecule has 6 atom stereocenters. The number of hydrogen-bond donors (Lipinski definition) is 1. The van der Waals surface area contributed by atoms with E-state index in [1.807, 2.05) is 20.8 Å². The van der Waals surface area contributed by atoms with Gasteiger partial charge in [0.1, 0.15) is 11.7 Å². The van der Waals surface area contributed by atoms with E-state index in [-0.39, 0.29) is 54.5 Å². The van der Waals surface area contributed by atoms with E-state index >= 15 is 0 Å². The second-order valence-electron chi connectivity index (χ2n) is 16.2. The van der Waals surface area contributed by atoms with Crippen LogP contribution in [0.2, 0.25) is 0 Å². The molecule has 3 aliphatic carbocycles. The highest BCUT2D eigenvalue weighted by atomic mass is 19.3. The Morgan fingerprint density at radius 1 is 0.920 bits per heavy atom. The smallest absolute Gasteiger partial charge is 0.246 e. The fourth-order valence-electron chi connectivity index (χ4n) is 8.54. The summed E-state index contributed by atoms with van der Waals surface area (Å²) in [4.78, 5) is 91.5. The summed E-state index contributed by atoms with van der Waals surface area (Å²) in [5, 5.41) is 3.01. The van der Waals surface area contributed by atoms with Crippen LogP contribution < -0.4 is 5.32 Å². The molecule has 0 bridgehead atoms. The number of alkyl halides is 2. The molecule has 4 aliphatic rings. The summed E-state index contributed by atoms with van der Waals surface area (Å²) >= 11 is 0. The highest BCUT2D eigenvalue weighted by Gasteiger charge is 2.52. The maximum absolute atomic E-state index is 14.6. The minimum absolute atomic E-state index is 0.0185. The van der Waals surface area contributed by atoms with Crippen LogP contribution in [-0.4, -0.2) is 74.9 Å². The van der Waals surface area contributed by atoms with Gasteiger partial charge in [0, 0.05) is 56.5 Å². The molecule has 1 aliphatic heterocycles. The quantitative estimate of drug-likeness (QED) is 0.174. The van der Waals surface area contributed by atoms with Crippen LogP contribution in [0.3, 0.4) is 0 Å². The molecule has 0 aromatic carbocycles. The number of halogens is 2. The zero-order valence-corrected chi connectivity index (χ0v) is 29.6. The van der Waals surface area contributed by atoms with E-state index in [1.54, 1.807) is 0 Å². The van der Waals surface area contributed by atoms with Crippen molar-refractivity contribution in [3.63, 3.8) is 0 Å². The van der Waals surface area contributed by atoms with Gasteiger partial charge in [-0.3, -0.25) is 33.8 Å². The first kappa shape index (κ1) is 37.8. The third kappa shape index (κ3) is 9.26. The summed E-state index contributed by atoms with van der Waals surface area (Å²) in [6, 6.07) is -1.98. The number of Topliss-reactive ketones (excluding diaryl/α,β-unsaturated/α-hetero) is 4. The Morgan fingerprint density at radius 2 is 1.64 bits per heavy atom. The van der Waals surface area contributed by atoms with E-state index in [0.29, 0.717) is 6.42 Å². The van der Waals surface area contributed by atoms with Crippen molar-refractivity contribution in [3.05, 3.63) is 24.3 Å². The number of ketones is 4. The molecular weight excluding hydrogens is 646 g/mol. The summed E-state index contributed by atoms with van der Waals surface area (Å²) in [6.45, 7) is 5.76. The molecule has 3 saturated carbocycles. The van der Waals surface area contributed by atoms with Gasteiger partial charge in [0.25, 0.3) is 0 Å². The molecule has 0 spiro atoms. The number of nitrogens with one attached hydrogen (secondary N) is 1. The van der Waals surface area contributed by atoms with Gasteiger partial charge in [-0.25, -0.2) is 13.8 Å². The van der Waals surface area contributed by atoms with E-state index in [1.165, 1.54) is 23.5 Å². The molecule has 50 heavy (non-hydrogen) atoms. The lowest BCUT2D eigenvalue weighted by Gasteiger charge is -2.38. The average Bonchev–Trinajstić information content (AvgIpc) is 3.65. The zero-order chi connectivity index (χ0) is 36.2. The largest absolute Gasteiger partial charge is 0.344 e. The predicted molar refractivity (Wildman–Crippen MR) is 180 cm³/mol. The van der Waals surface area contributed by atoms with Crippen LogP contribution in [0.25, 0.3) is 0 Å². The Morgan fingerprint density at radius 3 is 2.26 bits per heavy atom. The van der Waals surface area contributed by atoms with Crippen LogP contribution in [-0.2, 0) is 24.0 Å². The highest BCUT2D eigenvalue weighted by molar-refractivity contribution is 6.38. The molecule has 1 aromatic rings. The molecule has 4 fully saturated rings. The Hall–Kier alpha value is -3.44. The average molecular weight is 699 g/mol. The molecule has 1 saturated heterocycles. The van der Waals surface area contributed by atoms with Gasteiger partial charge in [0.15, 0.2) is 17.3 Å². The van der Waals surface area contributed by atoms with Gasteiger partial charge in [0.2, 0.25) is 24.0 Å². The topological polar surface area (TPSA) is 143 Å².